The minimum atomic E-state index is -5.30. The monoisotopic (exact) mass is 555 g/mol. The lowest BCUT2D eigenvalue weighted by Crippen LogP contribution is -2.51. The number of hydrogen-bond donors (Lipinski definition) is 2. The van der Waals surface area contributed by atoms with E-state index in [4.69, 9.17) is 0 Å². The Morgan fingerprint density at radius 3 is 2.52 bits per heavy atom. The van der Waals surface area contributed by atoms with Gasteiger partial charge in [0.1, 0.15) is 12.4 Å². The van der Waals surface area contributed by atoms with E-state index in [1.165, 1.54) is 17.9 Å². The standard InChI is InChI=1S/C13H20F3N7O4S.HI/c1-17-12(18-4-7-21-9-11(8-19-21)23(24)25)20-10-2-5-22(6-3-10)28(26,27)13(14,15)16;/h8-10H,2-7H2,1H3,(H2,17,18,20);1H. The highest BCUT2D eigenvalue weighted by molar-refractivity contribution is 14.0. The number of aromatic nitrogens is 2. The zero-order valence-corrected chi connectivity index (χ0v) is 18.4. The van der Waals surface area contributed by atoms with Gasteiger partial charge in [0.05, 0.1) is 11.5 Å². The third-order valence-corrected chi connectivity index (χ3v) is 5.74. The Bertz CT molecular complexity index is 823. The van der Waals surface area contributed by atoms with Gasteiger partial charge < -0.3 is 10.6 Å². The van der Waals surface area contributed by atoms with Gasteiger partial charge in [-0.2, -0.15) is 22.6 Å². The average Bonchev–Trinajstić information content (AvgIpc) is 3.09. The molecule has 1 aliphatic rings. The molecule has 2 rings (SSSR count). The number of rotatable bonds is 6. The fourth-order valence-corrected chi connectivity index (χ4v) is 3.62. The molecular weight excluding hydrogens is 534 g/mol. The normalized spacial score (nSPS) is 16.9. The van der Waals surface area contributed by atoms with Crippen molar-refractivity contribution in [2.24, 2.45) is 4.99 Å². The number of sulfonamides is 1. The Labute approximate surface area is 181 Å². The first-order valence-corrected chi connectivity index (χ1v) is 9.69. The number of nitrogens with zero attached hydrogens (tertiary/aromatic N) is 5. The molecule has 1 aromatic rings. The maximum atomic E-state index is 12.6. The molecular formula is C13H21F3IN7O4S. The second kappa shape index (κ2) is 10.4. The number of nitrogens with one attached hydrogen (secondary N) is 2. The Hall–Kier alpha value is -1.69. The van der Waals surface area contributed by atoms with Crippen molar-refractivity contribution in [1.82, 2.24) is 24.7 Å². The van der Waals surface area contributed by atoms with Gasteiger partial charge in [-0.1, -0.05) is 0 Å². The van der Waals surface area contributed by atoms with Gasteiger partial charge in [0, 0.05) is 32.7 Å². The summed E-state index contributed by atoms with van der Waals surface area (Å²) < 4.78 is 62.4. The van der Waals surface area contributed by atoms with Crippen LogP contribution in [0.4, 0.5) is 18.9 Å². The van der Waals surface area contributed by atoms with E-state index >= 15 is 0 Å². The smallest absolute Gasteiger partial charge is 0.355 e. The van der Waals surface area contributed by atoms with Gasteiger partial charge in [-0.05, 0) is 12.8 Å². The van der Waals surface area contributed by atoms with Crippen LogP contribution in [0, 0.1) is 10.1 Å². The Morgan fingerprint density at radius 2 is 2.03 bits per heavy atom. The lowest BCUT2D eigenvalue weighted by Gasteiger charge is -2.32. The number of alkyl halides is 3. The van der Waals surface area contributed by atoms with E-state index in [9.17, 15) is 31.7 Å². The Kier molecular flexibility index (Phi) is 9.07. The van der Waals surface area contributed by atoms with Gasteiger partial charge in [-0.25, -0.2) is 8.42 Å². The zero-order valence-electron chi connectivity index (χ0n) is 15.3. The maximum absolute atomic E-state index is 12.6. The highest BCUT2D eigenvalue weighted by atomic mass is 127. The molecule has 11 nitrogen and oxygen atoms in total. The highest BCUT2D eigenvalue weighted by Crippen LogP contribution is 2.28. The Morgan fingerprint density at radius 1 is 1.41 bits per heavy atom. The van der Waals surface area contributed by atoms with E-state index in [-0.39, 0.29) is 61.6 Å². The van der Waals surface area contributed by atoms with Crippen molar-refractivity contribution >= 4 is 45.6 Å². The summed E-state index contributed by atoms with van der Waals surface area (Å²) in [4.78, 5) is 14.1. The molecule has 0 radical (unpaired) electrons. The van der Waals surface area contributed by atoms with E-state index in [0.717, 1.165) is 6.20 Å². The molecule has 1 fully saturated rings. The van der Waals surface area contributed by atoms with Crippen molar-refractivity contribution in [2.75, 3.05) is 26.7 Å². The first-order chi connectivity index (χ1) is 13.0. The first-order valence-electron chi connectivity index (χ1n) is 8.25. The van der Waals surface area contributed by atoms with Crippen LogP contribution in [0.15, 0.2) is 17.4 Å². The van der Waals surface area contributed by atoms with Crippen LogP contribution in [-0.2, 0) is 16.6 Å². The second-order valence-corrected chi connectivity index (χ2v) is 7.92. The van der Waals surface area contributed by atoms with E-state index < -0.39 is 20.5 Å². The highest BCUT2D eigenvalue weighted by Gasteiger charge is 2.50. The summed E-state index contributed by atoms with van der Waals surface area (Å²) in [6, 6.07) is -0.239. The molecule has 1 aromatic heterocycles. The molecule has 1 aliphatic heterocycles. The van der Waals surface area contributed by atoms with Crippen molar-refractivity contribution in [2.45, 2.75) is 30.9 Å². The molecule has 2 N–H and O–H groups in total. The zero-order chi connectivity index (χ0) is 20.9. The molecule has 0 spiro atoms. The summed E-state index contributed by atoms with van der Waals surface area (Å²) in [6.07, 6.45) is 2.81. The molecule has 16 heteroatoms. The SMILES string of the molecule is CN=C(NCCn1cc([N+](=O)[O-])cn1)NC1CCN(S(=O)(=O)C(F)(F)F)CC1.I. The maximum Gasteiger partial charge on any atom is 0.511 e. The number of halogens is 4. The molecule has 29 heavy (non-hydrogen) atoms. The quantitative estimate of drug-likeness (QED) is 0.175. The Balaban J connectivity index is 0.00000420. The van der Waals surface area contributed by atoms with Crippen molar-refractivity contribution in [1.29, 1.82) is 0 Å². The summed E-state index contributed by atoms with van der Waals surface area (Å²) in [6.45, 7) is 0.192. The number of piperidine rings is 1. The van der Waals surface area contributed by atoms with E-state index in [2.05, 4.69) is 20.7 Å². The third-order valence-electron chi connectivity index (χ3n) is 4.11. The fraction of sp³-hybridized carbons (Fsp3) is 0.692. The van der Waals surface area contributed by atoms with E-state index in [1.807, 2.05) is 0 Å². The second-order valence-electron chi connectivity index (χ2n) is 5.99. The molecule has 0 aromatic carbocycles. The molecule has 2 heterocycles. The summed E-state index contributed by atoms with van der Waals surface area (Å²) in [5.41, 5.74) is -5.42. The molecule has 0 amide bonds. The van der Waals surface area contributed by atoms with Gasteiger partial charge in [0.2, 0.25) is 0 Å². The lowest BCUT2D eigenvalue weighted by molar-refractivity contribution is -0.385. The number of nitro groups is 1. The van der Waals surface area contributed by atoms with Crippen LogP contribution >= 0.6 is 24.0 Å². The van der Waals surface area contributed by atoms with Crippen LogP contribution in [0.2, 0.25) is 0 Å². The molecule has 166 valence electrons. The molecule has 0 saturated carbocycles. The fourth-order valence-electron chi connectivity index (χ4n) is 2.63. The topological polar surface area (TPSA) is 135 Å². The predicted octanol–water partition coefficient (Wildman–Crippen LogP) is 0.888. The first kappa shape index (κ1) is 25.3. The van der Waals surface area contributed by atoms with Crippen LogP contribution in [0.1, 0.15) is 12.8 Å². The van der Waals surface area contributed by atoms with Crippen LogP contribution in [0.25, 0.3) is 0 Å². The van der Waals surface area contributed by atoms with Crippen molar-refractivity contribution in [3.63, 3.8) is 0 Å². The van der Waals surface area contributed by atoms with E-state index in [0.29, 0.717) is 23.4 Å². The van der Waals surface area contributed by atoms with Crippen LogP contribution < -0.4 is 10.6 Å². The van der Waals surface area contributed by atoms with E-state index in [1.54, 1.807) is 0 Å². The number of guanidine groups is 1. The molecule has 0 atom stereocenters. The van der Waals surface area contributed by atoms with Crippen LogP contribution in [0.5, 0.6) is 0 Å². The molecule has 0 bridgehead atoms. The number of aliphatic imine (C=N–C) groups is 1. The molecule has 0 aliphatic carbocycles. The van der Waals surface area contributed by atoms with Crippen molar-refractivity contribution < 1.29 is 26.5 Å². The summed E-state index contributed by atoms with van der Waals surface area (Å²) in [7, 11) is -3.79. The van der Waals surface area contributed by atoms with Gasteiger partial charge >= 0.3 is 21.2 Å². The number of hydrogen-bond acceptors (Lipinski definition) is 6. The van der Waals surface area contributed by atoms with Gasteiger partial charge in [-0.15, -0.1) is 24.0 Å². The summed E-state index contributed by atoms with van der Waals surface area (Å²) >= 11 is 0. The minimum absolute atomic E-state index is 0. The van der Waals surface area contributed by atoms with Gasteiger partial charge in [0.15, 0.2) is 5.96 Å². The van der Waals surface area contributed by atoms with Crippen molar-refractivity contribution in [3.05, 3.63) is 22.5 Å². The van der Waals surface area contributed by atoms with Crippen molar-refractivity contribution in [3.8, 4) is 0 Å². The largest absolute Gasteiger partial charge is 0.511 e. The van der Waals surface area contributed by atoms with Gasteiger partial charge in [-0.3, -0.25) is 19.8 Å². The van der Waals surface area contributed by atoms with Gasteiger partial charge in [0.25, 0.3) is 0 Å². The van der Waals surface area contributed by atoms with Crippen LogP contribution in [-0.4, -0.2) is 71.6 Å². The molecule has 1 saturated heterocycles. The minimum Gasteiger partial charge on any atom is -0.355 e. The molecule has 0 unspecified atom stereocenters. The third kappa shape index (κ3) is 6.66. The predicted molar refractivity (Wildman–Crippen MR) is 108 cm³/mol. The summed E-state index contributed by atoms with van der Waals surface area (Å²) in [5.74, 6) is 0.388. The average molecular weight is 555 g/mol. The van der Waals surface area contributed by atoms with Crippen LogP contribution in [0.3, 0.4) is 0 Å². The summed E-state index contributed by atoms with van der Waals surface area (Å²) in [5, 5.41) is 20.4. The lowest BCUT2D eigenvalue weighted by atomic mass is 10.1.